The molecule has 0 aromatic carbocycles. The summed E-state index contributed by atoms with van der Waals surface area (Å²) < 4.78 is 7.17. The molecule has 1 atom stereocenters. The molecule has 5 nitrogen and oxygen atoms in total. The summed E-state index contributed by atoms with van der Waals surface area (Å²) in [5.74, 6) is 1.47. The van der Waals surface area contributed by atoms with Gasteiger partial charge in [0.1, 0.15) is 0 Å². The topological polar surface area (TPSA) is 65.4 Å². The highest BCUT2D eigenvalue weighted by molar-refractivity contribution is 5.40. The van der Waals surface area contributed by atoms with E-state index in [-0.39, 0.29) is 0 Å². The van der Waals surface area contributed by atoms with Crippen molar-refractivity contribution in [2.45, 2.75) is 19.4 Å². The van der Waals surface area contributed by atoms with E-state index in [0.29, 0.717) is 12.5 Å². The van der Waals surface area contributed by atoms with Crippen LogP contribution >= 0.6 is 0 Å². The average molecular weight is 232 g/mol. The highest BCUT2D eigenvalue weighted by Crippen LogP contribution is 2.17. The van der Waals surface area contributed by atoms with Crippen molar-refractivity contribution in [2.75, 3.05) is 13.2 Å². The molecule has 0 amide bonds. The average Bonchev–Trinajstić information content (AvgIpc) is 2.96. The molecule has 2 N–H and O–H groups in total. The van der Waals surface area contributed by atoms with E-state index < -0.39 is 0 Å². The maximum atomic E-state index is 5.61. The van der Waals surface area contributed by atoms with Crippen LogP contribution in [0.2, 0.25) is 0 Å². The molecule has 0 saturated carbocycles. The van der Waals surface area contributed by atoms with Crippen LogP contribution in [0.15, 0.2) is 18.3 Å². The highest BCUT2D eigenvalue weighted by atomic mass is 16.5. The molecule has 2 aromatic heterocycles. The summed E-state index contributed by atoms with van der Waals surface area (Å²) in [7, 11) is 0. The van der Waals surface area contributed by atoms with Crippen LogP contribution in [0, 0.1) is 5.92 Å². The van der Waals surface area contributed by atoms with Crippen molar-refractivity contribution in [3.8, 4) is 0 Å². The molecule has 1 aliphatic heterocycles. The third-order valence-electron chi connectivity index (χ3n) is 3.18. The van der Waals surface area contributed by atoms with Crippen LogP contribution in [0.3, 0.4) is 0 Å². The lowest BCUT2D eigenvalue weighted by atomic mass is 10.1. The summed E-state index contributed by atoms with van der Waals surface area (Å²) in [4.78, 5) is 4.53. The molecular weight excluding hydrogens is 216 g/mol. The number of hydrogen-bond donors (Lipinski definition) is 1. The number of hydrogen-bond acceptors (Lipinski definition) is 4. The molecule has 0 radical (unpaired) electrons. The van der Waals surface area contributed by atoms with E-state index in [1.54, 1.807) is 0 Å². The van der Waals surface area contributed by atoms with Crippen LogP contribution in [0.5, 0.6) is 0 Å². The fourth-order valence-corrected chi connectivity index (χ4v) is 2.19. The molecule has 2 aromatic rings. The van der Waals surface area contributed by atoms with Crippen molar-refractivity contribution < 1.29 is 4.74 Å². The van der Waals surface area contributed by atoms with E-state index in [1.807, 2.05) is 22.8 Å². The van der Waals surface area contributed by atoms with Crippen molar-refractivity contribution in [3.63, 3.8) is 0 Å². The molecule has 17 heavy (non-hydrogen) atoms. The Bertz CT molecular complexity index is 516. The molecule has 1 unspecified atom stereocenters. The van der Waals surface area contributed by atoms with E-state index in [9.17, 15) is 0 Å². The molecule has 90 valence electrons. The summed E-state index contributed by atoms with van der Waals surface area (Å²) in [6, 6.07) is 3.96. The van der Waals surface area contributed by atoms with E-state index >= 15 is 0 Å². The molecule has 3 rings (SSSR count). The molecule has 5 heteroatoms. The first-order valence-electron chi connectivity index (χ1n) is 5.97. The van der Waals surface area contributed by atoms with Gasteiger partial charge in [-0.1, -0.05) is 0 Å². The lowest BCUT2D eigenvalue weighted by molar-refractivity contribution is 0.185. The highest BCUT2D eigenvalue weighted by Gasteiger charge is 2.18. The maximum Gasteiger partial charge on any atom is 0.155 e. The zero-order valence-electron chi connectivity index (χ0n) is 9.67. The Kier molecular flexibility index (Phi) is 2.78. The Morgan fingerprint density at radius 1 is 1.53 bits per heavy atom. The Balaban J connectivity index is 1.85. The van der Waals surface area contributed by atoms with Gasteiger partial charge >= 0.3 is 0 Å². The minimum atomic E-state index is 0.537. The van der Waals surface area contributed by atoms with Gasteiger partial charge in [0.05, 0.1) is 0 Å². The molecule has 1 aliphatic rings. The van der Waals surface area contributed by atoms with Crippen LogP contribution in [0.1, 0.15) is 17.8 Å². The molecule has 0 spiro atoms. The number of fused-ring (bicyclic) bond motifs is 1. The number of ether oxygens (including phenoxy) is 1. The number of rotatable bonds is 3. The fraction of sp³-hybridized carbons (Fsp3) is 0.500. The fourth-order valence-electron chi connectivity index (χ4n) is 2.19. The van der Waals surface area contributed by atoms with Gasteiger partial charge in [-0.05, 0) is 30.0 Å². The Labute approximate surface area is 99.6 Å². The van der Waals surface area contributed by atoms with Gasteiger partial charge in [0, 0.05) is 32.4 Å². The van der Waals surface area contributed by atoms with Gasteiger partial charge in [0.2, 0.25) is 0 Å². The van der Waals surface area contributed by atoms with Crippen LogP contribution in [-0.4, -0.2) is 27.8 Å². The van der Waals surface area contributed by atoms with Gasteiger partial charge in [-0.25, -0.2) is 9.50 Å². The first-order chi connectivity index (χ1) is 8.35. The second kappa shape index (κ2) is 4.43. The van der Waals surface area contributed by atoms with Crippen molar-refractivity contribution in [2.24, 2.45) is 11.7 Å². The van der Waals surface area contributed by atoms with Crippen molar-refractivity contribution in [1.29, 1.82) is 0 Å². The lowest BCUT2D eigenvalue weighted by Gasteiger charge is -2.01. The standard InChI is InChI=1S/C12H16N4O/c13-7-9-1-3-16-12(6-9)14-11(15-16)5-10-2-4-17-8-10/h1,3,6,10H,2,4-5,7-8,13H2. The van der Waals surface area contributed by atoms with Crippen molar-refractivity contribution in [3.05, 3.63) is 29.7 Å². The van der Waals surface area contributed by atoms with Gasteiger partial charge in [0.15, 0.2) is 11.5 Å². The molecular formula is C12H16N4O. The molecule has 0 aliphatic carbocycles. The smallest absolute Gasteiger partial charge is 0.155 e. The third-order valence-corrected chi connectivity index (χ3v) is 3.18. The van der Waals surface area contributed by atoms with Crippen molar-refractivity contribution >= 4 is 5.65 Å². The van der Waals surface area contributed by atoms with E-state index in [2.05, 4.69) is 10.1 Å². The van der Waals surface area contributed by atoms with Crippen LogP contribution in [0.25, 0.3) is 5.65 Å². The van der Waals surface area contributed by atoms with E-state index in [1.165, 1.54) is 0 Å². The summed E-state index contributed by atoms with van der Waals surface area (Å²) in [5.41, 5.74) is 7.57. The summed E-state index contributed by atoms with van der Waals surface area (Å²) in [6.45, 7) is 2.24. The predicted molar refractivity (Wildman–Crippen MR) is 63.5 cm³/mol. The number of nitrogens with zero attached hydrogens (tertiary/aromatic N) is 3. The minimum Gasteiger partial charge on any atom is -0.381 e. The molecule has 1 saturated heterocycles. The van der Waals surface area contributed by atoms with Gasteiger partial charge < -0.3 is 10.5 Å². The van der Waals surface area contributed by atoms with Crippen molar-refractivity contribution in [1.82, 2.24) is 14.6 Å². The van der Waals surface area contributed by atoms with Gasteiger partial charge in [-0.3, -0.25) is 0 Å². The largest absolute Gasteiger partial charge is 0.381 e. The second-order valence-corrected chi connectivity index (χ2v) is 4.50. The predicted octanol–water partition coefficient (Wildman–Crippen LogP) is 0.767. The summed E-state index contributed by atoms with van der Waals surface area (Å²) in [5, 5.41) is 4.46. The molecule has 0 bridgehead atoms. The SMILES string of the molecule is NCc1ccn2nc(CC3CCOC3)nc2c1. The quantitative estimate of drug-likeness (QED) is 0.848. The van der Waals surface area contributed by atoms with Crippen LogP contribution < -0.4 is 5.73 Å². The zero-order valence-corrected chi connectivity index (χ0v) is 9.67. The zero-order chi connectivity index (χ0) is 11.7. The lowest BCUT2D eigenvalue weighted by Crippen LogP contribution is -2.05. The monoisotopic (exact) mass is 232 g/mol. The maximum absolute atomic E-state index is 5.61. The van der Waals surface area contributed by atoms with Gasteiger partial charge in [-0.15, -0.1) is 0 Å². The first-order valence-corrected chi connectivity index (χ1v) is 5.97. The third kappa shape index (κ3) is 2.16. The molecule has 1 fully saturated rings. The van der Waals surface area contributed by atoms with Gasteiger partial charge in [-0.2, -0.15) is 5.10 Å². The number of pyridine rings is 1. The Morgan fingerprint density at radius 2 is 2.47 bits per heavy atom. The van der Waals surface area contributed by atoms with Crippen LogP contribution in [0.4, 0.5) is 0 Å². The number of aromatic nitrogens is 3. The second-order valence-electron chi connectivity index (χ2n) is 4.50. The normalized spacial score (nSPS) is 20.2. The van der Waals surface area contributed by atoms with Gasteiger partial charge in [0.25, 0.3) is 0 Å². The van der Waals surface area contributed by atoms with E-state index in [0.717, 1.165) is 43.1 Å². The van der Waals surface area contributed by atoms with Crippen LogP contribution in [-0.2, 0) is 17.7 Å². The summed E-state index contributed by atoms with van der Waals surface area (Å²) >= 11 is 0. The Hall–Kier alpha value is -1.46. The number of nitrogens with two attached hydrogens (primary N) is 1. The molecule has 3 heterocycles. The summed E-state index contributed by atoms with van der Waals surface area (Å²) in [6.07, 6.45) is 3.93. The first kappa shape index (κ1) is 10.7. The van der Waals surface area contributed by atoms with E-state index in [4.69, 9.17) is 10.5 Å². The minimum absolute atomic E-state index is 0.537. The Morgan fingerprint density at radius 3 is 3.24 bits per heavy atom.